The molecule has 3 amide bonds. The smallest absolute Gasteiger partial charge is 0.408 e. The summed E-state index contributed by atoms with van der Waals surface area (Å²) >= 11 is 0. The number of nitrogens with zero attached hydrogens (tertiary/aromatic N) is 2. The number of aryl methyl sites for hydroxylation is 2. The minimum absolute atomic E-state index is 0.0279. The zero-order chi connectivity index (χ0) is 62.4. The fraction of sp³-hybridized carbons (Fsp3) is 0.364. The molecule has 2 atom stereocenters. The number of esters is 1. The van der Waals surface area contributed by atoms with Gasteiger partial charge in [-0.15, -0.1) is 0 Å². The van der Waals surface area contributed by atoms with Crippen LogP contribution in [0.1, 0.15) is 123 Å². The van der Waals surface area contributed by atoms with Crippen LogP contribution < -0.4 is 20.9 Å². The summed E-state index contributed by atoms with van der Waals surface area (Å²) in [5, 5.41) is 8.44. The summed E-state index contributed by atoms with van der Waals surface area (Å²) in [5.74, 6) is -2.02. The van der Waals surface area contributed by atoms with E-state index in [1.807, 2.05) is 120 Å². The molecule has 0 unspecified atom stereocenters. The van der Waals surface area contributed by atoms with Gasteiger partial charge in [0.15, 0.2) is 18.1 Å². The average molecular weight is 1210 g/mol. The molecule has 20 heteroatoms. The summed E-state index contributed by atoms with van der Waals surface area (Å²) in [6, 6.07) is 30.5. The minimum Gasteiger partial charge on any atom is -0.454 e. The van der Waals surface area contributed by atoms with Crippen molar-refractivity contribution in [3.05, 3.63) is 190 Å². The number of amides is 3. The van der Waals surface area contributed by atoms with Crippen molar-refractivity contribution >= 4 is 67.0 Å². The summed E-state index contributed by atoms with van der Waals surface area (Å²) in [4.78, 5) is 69.2. The Morgan fingerprint density at radius 1 is 0.674 bits per heavy atom. The van der Waals surface area contributed by atoms with Gasteiger partial charge in [-0.3, -0.25) is 23.5 Å². The molecule has 0 aromatic heterocycles. The molecule has 0 bridgehead atoms. The Balaban J connectivity index is 0.957. The van der Waals surface area contributed by atoms with E-state index < -0.39 is 73.5 Å². The molecule has 2 aliphatic heterocycles. The fourth-order valence-corrected chi connectivity index (χ4v) is 12.1. The van der Waals surface area contributed by atoms with Gasteiger partial charge in [0, 0.05) is 66.9 Å². The van der Waals surface area contributed by atoms with E-state index in [0.29, 0.717) is 68.4 Å². The van der Waals surface area contributed by atoms with E-state index >= 15 is 0 Å². The largest absolute Gasteiger partial charge is 0.454 e. The molecule has 0 saturated heterocycles. The van der Waals surface area contributed by atoms with Crippen molar-refractivity contribution in [3.63, 3.8) is 0 Å². The summed E-state index contributed by atoms with van der Waals surface area (Å²) in [6.07, 6.45) is 12.1. The van der Waals surface area contributed by atoms with Gasteiger partial charge in [0.1, 0.15) is 19.2 Å². The number of hydrogen-bond acceptors (Lipinski definition) is 12. The Bertz CT molecular complexity index is 3650. The van der Waals surface area contributed by atoms with E-state index in [9.17, 15) is 49.9 Å². The van der Waals surface area contributed by atoms with E-state index in [-0.39, 0.29) is 41.6 Å². The van der Waals surface area contributed by atoms with Gasteiger partial charge >= 0.3 is 12.1 Å². The Hall–Kier alpha value is -8.04. The number of alkyl carbamates (subject to hydrolysis) is 1. The highest BCUT2D eigenvalue weighted by Crippen LogP contribution is 2.48. The van der Waals surface area contributed by atoms with E-state index in [0.717, 1.165) is 45.0 Å². The van der Waals surface area contributed by atoms with Crippen molar-refractivity contribution in [1.29, 1.82) is 0 Å². The molecule has 5 aromatic rings. The topological polar surface area (TPSA) is 255 Å². The maximum absolute atomic E-state index is 14.1. The molecule has 7 rings (SSSR count). The fourth-order valence-electron chi connectivity index (χ4n) is 11.1. The molecule has 0 spiro atoms. The third-order valence-corrected chi connectivity index (χ3v) is 17.4. The monoisotopic (exact) mass is 1210 g/mol. The third kappa shape index (κ3) is 16.7. The Morgan fingerprint density at radius 3 is 1.97 bits per heavy atom. The highest BCUT2D eigenvalue weighted by Gasteiger charge is 2.45. The molecule has 456 valence electrons. The second-order valence-corrected chi connectivity index (χ2v) is 25.5. The van der Waals surface area contributed by atoms with Crippen molar-refractivity contribution < 1.29 is 64.0 Å². The number of allylic oxidation sites excluding steroid dienone is 6. The number of nitrogens with one attached hydrogen (secondary N) is 3. The molecule has 2 heterocycles. The minimum atomic E-state index is -4.49. The number of likely N-dealkylation sites (N-methyl/N-ethyl adjacent to an activating group) is 1. The average Bonchev–Trinajstić information content (AvgIpc) is 1.63. The zero-order valence-corrected chi connectivity index (χ0v) is 51.4. The van der Waals surface area contributed by atoms with Gasteiger partial charge in [-0.05, 0) is 131 Å². The second-order valence-electron chi connectivity index (χ2n) is 22.6. The van der Waals surface area contributed by atoms with Gasteiger partial charge in [0.2, 0.25) is 17.5 Å². The van der Waals surface area contributed by atoms with E-state index in [4.69, 9.17) is 9.47 Å². The molecule has 0 aliphatic carbocycles. The summed E-state index contributed by atoms with van der Waals surface area (Å²) < 4.78 is 81.4. The van der Waals surface area contributed by atoms with Crippen LogP contribution in [-0.4, -0.2) is 104 Å². The number of hydrogen-bond donors (Lipinski definition) is 5. The van der Waals surface area contributed by atoms with Crippen molar-refractivity contribution in [2.45, 2.75) is 139 Å². The van der Waals surface area contributed by atoms with Crippen molar-refractivity contribution in [1.82, 2.24) is 16.0 Å². The summed E-state index contributed by atoms with van der Waals surface area (Å²) in [6.45, 7) is 14.3. The lowest BCUT2D eigenvalue weighted by Crippen LogP contribution is -2.53. The lowest BCUT2D eigenvalue weighted by atomic mass is 9.81. The molecule has 0 fully saturated rings. The van der Waals surface area contributed by atoms with Gasteiger partial charge in [0.05, 0.1) is 26.8 Å². The standard InChI is InChI=1S/C66H77N5O13S2/c1-8-70-55-36-34-49(85(77,78)79)41-51(55)65(4,5)58(70)31-17-11-18-32-59-66(6,7)52-42-50(86(80,81)82)35-37-56(52)71(59)39-22-12-19-33-60(73)67-38-21-20-30-53(57(72)44-83-63(75)61-45(2)24-23-25-46(61)3)68-62(74)54(40-47-26-13-9-14-27-47)69-64(76)84-43-48-28-15-10-16-29-48/h9-11,13-18,23-29,31-32,34-37,41-42,53-54H,8,12,19-22,30,33,38-40,43-44H2,1-7H3,(H4-,67,68,69,73,74,76,77,78,79,80,81,82)/p+1/t53-,54-/m0/s1. The first-order valence-electron chi connectivity index (χ1n) is 28.9. The van der Waals surface area contributed by atoms with Crippen LogP contribution in [0.3, 0.4) is 0 Å². The molecular weight excluding hydrogens is 1130 g/mol. The second kappa shape index (κ2) is 28.9. The molecule has 5 aromatic carbocycles. The molecular formula is C66H78N5O13S2+. The van der Waals surface area contributed by atoms with Gasteiger partial charge in [-0.2, -0.15) is 21.4 Å². The van der Waals surface area contributed by atoms with Crippen LogP contribution in [0.2, 0.25) is 0 Å². The number of rotatable bonds is 28. The van der Waals surface area contributed by atoms with Crippen LogP contribution in [0.4, 0.5) is 16.2 Å². The van der Waals surface area contributed by atoms with E-state index in [2.05, 4.69) is 25.4 Å². The molecule has 5 N–H and O–H groups in total. The van der Waals surface area contributed by atoms with Crippen LogP contribution in [0, 0.1) is 13.8 Å². The Labute approximate surface area is 505 Å². The first-order valence-corrected chi connectivity index (χ1v) is 31.8. The van der Waals surface area contributed by atoms with E-state index in [1.54, 1.807) is 50.2 Å². The Kier molecular flexibility index (Phi) is 22.0. The maximum atomic E-state index is 14.1. The highest BCUT2D eigenvalue weighted by atomic mass is 32.2. The van der Waals surface area contributed by atoms with Crippen LogP contribution >= 0.6 is 0 Å². The first kappa shape index (κ1) is 65.5. The molecule has 86 heavy (non-hydrogen) atoms. The predicted molar refractivity (Wildman–Crippen MR) is 330 cm³/mol. The zero-order valence-electron chi connectivity index (χ0n) is 49.8. The number of fused-ring (bicyclic) bond motifs is 2. The number of carbonyl (C=O) groups is 5. The van der Waals surface area contributed by atoms with Crippen LogP contribution in [-0.2, 0) is 68.0 Å². The number of benzene rings is 5. The number of ketones is 1. The van der Waals surface area contributed by atoms with Gasteiger partial charge < -0.3 is 30.3 Å². The molecule has 0 radical (unpaired) electrons. The van der Waals surface area contributed by atoms with Crippen LogP contribution in [0.25, 0.3) is 0 Å². The van der Waals surface area contributed by atoms with Crippen LogP contribution in [0.15, 0.2) is 161 Å². The molecule has 18 nitrogen and oxygen atoms in total. The molecule has 2 aliphatic rings. The van der Waals surface area contributed by atoms with E-state index in [1.165, 1.54) is 24.3 Å². The third-order valence-electron chi connectivity index (χ3n) is 15.7. The SMILES string of the molecule is CCN1\C(=C/C=C/C=C/C2=[N+](CCCCCC(=O)NCCCC[C@H](NC(=O)[C@H](Cc3ccccc3)NC(=O)OCc3ccccc3)C(=O)COC(=O)c3c(C)cccc3C)c3ccc(S(=O)(=O)O)cc3C2(C)C)C(C)(C)c2cc(S(=O)(=O)O)ccc21. The first-order chi connectivity index (χ1) is 40.8. The summed E-state index contributed by atoms with van der Waals surface area (Å²) in [5.41, 5.74) is 6.94. The predicted octanol–water partition coefficient (Wildman–Crippen LogP) is 10.3. The lowest BCUT2D eigenvalue weighted by Gasteiger charge is -2.25. The Morgan fingerprint density at radius 2 is 1.31 bits per heavy atom. The maximum Gasteiger partial charge on any atom is 0.408 e. The van der Waals surface area contributed by atoms with Gasteiger partial charge in [-0.25, -0.2) is 9.59 Å². The number of Topliss-reactive ketones (excluding diaryl/α,β-unsaturated/α-hetero) is 1. The number of anilines is 1. The normalized spacial score (nSPS) is 15.5. The number of ether oxygens (including phenoxy) is 2. The van der Waals surface area contributed by atoms with Crippen molar-refractivity contribution in [2.75, 3.05) is 31.1 Å². The van der Waals surface area contributed by atoms with Gasteiger partial charge in [0.25, 0.3) is 20.2 Å². The lowest BCUT2D eigenvalue weighted by molar-refractivity contribution is -0.438. The van der Waals surface area contributed by atoms with Gasteiger partial charge in [-0.1, -0.05) is 111 Å². The quantitative estimate of drug-likeness (QED) is 0.0103. The van der Waals surface area contributed by atoms with Crippen molar-refractivity contribution in [2.24, 2.45) is 0 Å². The summed E-state index contributed by atoms with van der Waals surface area (Å²) in [7, 11) is -8.89. The number of carbonyl (C=O) groups excluding carboxylic acids is 5. The number of unbranched alkanes of at least 4 members (excludes halogenated alkanes) is 3. The van der Waals surface area contributed by atoms with Crippen molar-refractivity contribution in [3.8, 4) is 0 Å². The highest BCUT2D eigenvalue weighted by molar-refractivity contribution is 7.86. The molecule has 0 saturated carbocycles. The van der Waals surface area contributed by atoms with Crippen LogP contribution in [0.5, 0.6) is 0 Å².